The number of nitrogens with zero attached hydrogens (tertiary/aromatic N) is 1. The molecule has 0 aromatic heterocycles. The van der Waals surface area contributed by atoms with Crippen molar-refractivity contribution in [2.75, 3.05) is 18.1 Å². The van der Waals surface area contributed by atoms with Gasteiger partial charge in [-0.25, -0.2) is 4.39 Å². The van der Waals surface area contributed by atoms with Crippen LogP contribution in [0.1, 0.15) is 22.0 Å². The van der Waals surface area contributed by atoms with Crippen LogP contribution in [0.25, 0.3) is 0 Å². The first kappa shape index (κ1) is 14.9. The van der Waals surface area contributed by atoms with Crippen LogP contribution in [0.2, 0.25) is 0 Å². The smallest absolute Gasteiger partial charge is 0.257 e. The van der Waals surface area contributed by atoms with Crippen LogP contribution >= 0.6 is 0 Å². The van der Waals surface area contributed by atoms with Crippen molar-refractivity contribution in [3.05, 3.63) is 71.5 Å². The topological polar surface area (TPSA) is 37.4 Å². The Hall–Kier alpha value is -2.01. The van der Waals surface area contributed by atoms with Gasteiger partial charge in [0.05, 0.1) is 11.6 Å². The Balaban J connectivity index is 1.95. The van der Waals surface area contributed by atoms with Crippen LogP contribution in [0.3, 0.4) is 0 Å². The lowest BCUT2D eigenvalue weighted by molar-refractivity contribution is 0.0694. The zero-order valence-corrected chi connectivity index (χ0v) is 12.8. The Morgan fingerprint density at radius 1 is 1.09 bits per heavy atom. The Labute approximate surface area is 131 Å². The molecule has 0 spiro atoms. The van der Waals surface area contributed by atoms with E-state index in [9.17, 15) is 13.4 Å². The summed E-state index contributed by atoms with van der Waals surface area (Å²) in [5.41, 5.74) is 0.997. The molecule has 2 aromatic carbocycles. The first-order valence-electron chi connectivity index (χ1n) is 7.12. The van der Waals surface area contributed by atoms with Crippen LogP contribution in [-0.2, 0) is 10.8 Å². The van der Waals surface area contributed by atoms with E-state index in [4.69, 9.17) is 0 Å². The van der Waals surface area contributed by atoms with Crippen LogP contribution in [0.4, 0.5) is 4.39 Å². The second-order valence-corrected chi connectivity index (χ2v) is 6.84. The van der Waals surface area contributed by atoms with E-state index in [1.165, 1.54) is 12.1 Å². The number of rotatable bonds is 2. The monoisotopic (exact) mass is 317 g/mol. The van der Waals surface area contributed by atoms with Crippen LogP contribution in [0.5, 0.6) is 0 Å². The second kappa shape index (κ2) is 6.40. The molecule has 1 aliphatic rings. The highest BCUT2D eigenvalue weighted by Gasteiger charge is 2.32. The Kier molecular flexibility index (Phi) is 4.34. The van der Waals surface area contributed by atoms with Gasteiger partial charge >= 0.3 is 0 Å². The number of carbonyl (C=O) groups excluding carboxylic acids is 1. The lowest BCUT2D eigenvalue weighted by atomic mass is 10.0. The summed E-state index contributed by atoms with van der Waals surface area (Å²) in [6.45, 7) is 0.374. The molecule has 0 aliphatic carbocycles. The van der Waals surface area contributed by atoms with Gasteiger partial charge in [0.25, 0.3) is 5.91 Å². The first-order chi connectivity index (χ1) is 10.7. The summed E-state index contributed by atoms with van der Waals surface area (Å²) in [5.74, 6) is -0.0389. The number of carbonyl (C=O) groups is 1. The predicted octanol–water partition coefficient (Wildman–Crippen LogP) is 2.77. The van der Waals surface area contributed by atoms with Crippen LogP contribution in [0.15, 0.2) is 54.6 Å². The van der Waals surface area contributed by atoms with Crippen molar-refractivity contribution in [3.8, 4) is 0 Å². The maximum atomic E-state index is 13.9. The molecule has 1 aliphatic heterocycles. The molecule has 1 fully saturated rings. The minimum Gasteiger partial charge on any atom is -0.330 e. The average molecular weight is 317 g/mol. The van der Waals surface area contributed by atoms with E-state index in [1.54, 1.807) is 17.0 Å². The molecular weight excluding hydrogens is 301 g/mol. The van der Waals surface area contributed by atoms with Gasteiger partial charge < -0.3 is 4.90 Å². The van der Waals surface area contributed by atoms with Crippen molar-refractivity contribution >= 4 is 16.7 Å². The van der Waals surface area contributed by atoms with Crippen molar-refractivity contribution in [3.63, 3.8) is 0 Å². The fourth-order valence-electron chi connectivity index (χ4n) is 2.69. The van der Waals surface area contributed by atoms with Gasteiger partial charge in [-0.3, -0.25) is 9.00 Å². The van der Waals surface area contributed by atoms with Gasteiger partial charge in [0.2, 0.25) is 0 Å². The quantitative estimate of drug-likeness (QED) is 0.854. The van der Waals surface area contributed by atoms with E-state index in [1.807, 2.05) is 30.3 Å². The SMILES string of the molecule is O=C(c1ccccc1F)N1CC[S@](=O)C[C@@H]1c1ccccc1. The van der Waals surface area contributed by atoms with Gasteiger partial charge in [0, 0.05) is 28.9 Å². The minimum absolute atomic E-state index is 0.0658. The summed E-state index contributed by atoms with van der Waals surface area (Å²) < 4.78 is 25.8. The fraction of sp³-hybridized carbons (Fsp3) is 0.235. The van der Waals surface area contributed by atoms with Crippen LogP contribution < -0.4 is 0 Å². The van der Waals surface area contributed by atoms with Crippen molar-refractivity contribution in [1.82, 2.24) is 4.90 Å². The van der Waals surface area contributed by atoms with Crippen molar-refractivity contribution < 1.29 is 13.4 Å². The van der Waals surface area contributed by atoms with Gasteiger partial charge in [0.1, 0.15) is 5.82 Å². The summed E-state index contributed by atoms with van der Waals surface area (Å²) in [6, 6.07) is 15.2. The average Bonchev–Trinajstić information content (AvgIpc) is 2.55. The summed E-state index contributed by atoms with van der Waals surface area (Å²) in [6.07, 6.45) is 0. The molecule has 114 valence electrons. The molecule has 1 heterocycles. The molecule has 0 saturated carbocycles. The standard InChI is InChI=1S/C17H16FNO2S/c18-15-9-5-4-8-14(15)17(20)19-10-11-22(21)12-16(19)13-6-2-1-3-7-13/h1-9,16H,10-12H2/t16-,22+/m1/s1. The molecule has 3 rings (SSSR count). The van der Waals surface area contributed by atoms with Crippen molar-refractivity contribution in [1.29, 1.82) is 0 Å². The number of hydrogen-bond acceptors (Lipinski definition) is 2. The zero-order chi connectivity index (χ0) is 15.5. The van der Waals surface area contributed by atoms with E-state index in [2.05, 4.69) is 0 Å². The van der Waals surface area contributed by atoms with Crippen LogP contribution in [-0.4, -0.2) is 33.1 Å². The van der Waals surface area contributed by atoms with E-state index >= 15 is 0 Å². The summed E-state index contributed by atoms with van der Waals surface area (Å²) >= 11 is 0. The molecular formula is C17H16FNO2S. The minimum atomic E-state index is -0.957. The van der Waals surface area contributed by atoms with Gasteiger partial charge in [0.15, 0.2) is 0 Å². The van der Waals surface area contributed by atoms with Crippen LogP contribution in [0, 0.1) is 5.82 Å². The van der Waals surface area contributed by atoms with E-state index < -0.39 is 16.6 Å². The highest BCUT2D eigenvalue weighted by atomic mass is 32.2. The Morgan fingerprint density at radius 3 is 2.50 bits per heavy atom. The maximum Gasteiger partial charge on any atom is 0.257 e. The third-order valence-electron chi connectivity index (χ3n) is 3.83. The number of hydrogen-bond donors (Lipinski definition) is 0. The van der Waals surface area contributed by atoms with E-state index in [0.717, 1.165) is 5.56 Å². The van der Waals surface area contributed by atoms with Gasteiger partial charge in [-0.1, -0.05) is 42.5 Å². The summed E-state index contributed by atoms with van der Waals surface area (Å²) in [4.78, 5) is 14.3. The molecule has 0 unspecified atom stereocenters. The third-order valence-corrected chi connectivity index (χ3v) is 5.15. The predicted molar refractivity (Wildman–Crippen MR) is 84.5 cm³/mol. The largest absolute Gasteiger partial charge is 0.330 e. The van der Waals surface area contributed by atoms with E-state index in [-0.39, 0.29) is 17.5 Å². The number of benzene rings is 2. The Morgan fingerprint density at radius 2 is 1.77 bits per heavy atom. The maximum absolute atomic E-state index is 13.9. The van der Waals surface area contributed by atoms with E-state index in [0.29, 0.717) is 18.1 Å². The number of halogens is 1. The molecule has 1 amide bonds. The summed E-state index contributed by atoms with van der Waals surface area (Å²) in [7, 11) is -0.957. The van der Waals surface area contributed by atoms with Gasteiger partial charge in [-0.05, 0) is 17.7 Å². The van der Waals surface area contributed by atoms with Crippen molar-refractivity contribution in [2.24, 2.45) is 0 Å². The second-order valence-electron chi connectivity index (χ2n) is 5.22. The zero-order valence-electron chi connectivity index (χ0n) is 11.9. The van der Waals surface area contributed by atoms with Gasteiger partial charge in [-0.15, -0.1) is 0 Å². The highest BCUT2D eigenvalue weighted by Crippen LogP contribution is 2.27. The molecule has 3 nitrogen and oxygen atoms in total. The normalized spacial score (nSPS) is 21.6. The van der Waals surface area contributed by atoms with Gasteiger partial charge in [-0.2, -0.15) is 0 Å². The third kappa shape index (κ3) is 2.95. The summed E-state index contributed by atoms with van der Waals surface area (Å²) in [5, 5.41) is 0. The lowest BCUT2D eigenvalue weighted by Crippen LogP contribution is -2.44. The molecule has 2 aromatic rings. The lowest BCUT2D eigenvalue weighted by Gasteiger charge is -2.35. The molecule has 22 heavy (non-hydrogen) atoms. The van der Waals surface area contributed by atoms with Crippen molar-refractivity contribution in [2.45, 2.75) is 6.04 Å². The molecule has 0 bridgehead atoms. The molecule has 5 heteroatoms. The Bertz CT molecular complexity index is 705. The number of amides is 1. The highest BCUT2D eigenvalue weighted by molar-refractivity contribution is 7.85. The molecule has 1 saturated heterocycles. The first-order valence-corrected chi connectivity index (χ1v) is 8.61. The fourth-order valence-corrected chi connectivity index (χ4v) is 3.98. The molecule has 2 atom stereocenters. The molecule has 0 N–H and O–H groups in total. The molecule has 0 radical (unpaired) electrons.